The predicted molar refractivity (Wildman–Crippen MR) is 137 cm³/mol. The molecule has 6 rings (SSSR count). The van der Waals surface area contributed by atoms with Crippen LogP contribution >= 0.6 is 0 Å². The van der Waals surface area contributed by atoms with Gasteiger partial charge in [0.1, 0.15) is 5.82 Å². The molecule has 1 unspecified atom stereocenters. The summed E-state index contributed by atoms with van der Waals surface area (Å²) in [7, 11) is 0. The van der Waals surface area contributed by atoms with Gasteiger partial charge < -0.3 is 24.6 Å². The third kappa shape index (κ3) is 4.19. The Balaban J connectivity index is 1.34. The molecular weight excluding hydrogens is 440 g/mol. The minimum absolute atomic E-state index is 0.00962. The Morgan fingerprint density at radius 1 is 1.20 bits per heavy atom. The SMILES string of the molecule is CC(C)OC1CCC(C(=O)N2c3cc(N4C[C@@H]5C[C@H]4CO5)ccc3Nc3ncccc3C2C)CC1. The van der Waals surface area contributed by atoms with Crippen LogP contribution in [0.25, 0.3) is 0 Å². The standard InChI is InChI=1S/C28H36N4O3/c1-17(2)35-22-9-6-19(7-10-22)28(33)32-18(3)24-5-4-12-29-27(24)30-25-11-8-20(14-26(25)32)31-15-23-13-21(31)16-34-23/h4-5,8,11-12,14,17-19,21-23H,6-7,9-10,13,15-16H2,1-3H3,(H,29,30)/t18?,19?,21-,22?,23-/m0/s1. The molecule has 4 aliphatic rings. The minimum atomic E-state index is -0.113. The van der Waals surface area contributed by atoms with Crippen LogP contribution in [-0.2, 0) is 14.3 Å². The number of amides is 1. The first-order valence-electron chi connectivity index (χ1n) is 13.2. The molecule has 3 atom stereocenters. The molecule has 7 heteroatoms. The lowest BCUT2D eigenvalue weighted by Gasteiger charge is -2.36. The van der Waals surface area contributed by atoms with E-state index in [1.165, 1.54) is 5.69 Å². The fourth-order valence-corrected chi connectivity index (χ4v) is 6.39. The van der Waals surface area contributed by atoms with Crippen LogP contribution in [0.4, 0.5) is 22.9 Å². The van der Waals surface area contributed by atoms with Crippen LogP contribution in [0.5, 0.6) is 0 Å². The zero-order valence-corrected chi connectivity index (χ0v) is 20.9. The number of rotatable bonds is 4. The van der Waals surface area contributed by atoms with Crippen molar-refractivity contribution in [1.82, 2.24) is 4.98 Å². The number of anilines is 4. The van der Waals surface area contributed by atoms with Crippen molar-refractivity contribution in [3.63, 3.8) is 0 Å². The first kappa shape index (κ1) is 22.8. The Morgan fingerprint density at radius 2 is 2.03 bits per heavy atom. The van der Waals surface area contributed by atoms with Crippen molar-refractivity contribution in [2.24, 2.45) is 5.92 Å². The lowest BCUT2D eigenvalue weighted by Crippen LogP contribution is -2.41. The van der Waals surface area contributed by atoms with Crippen LogP contribution in [0.3, 0.4) is 0 Å². The third-order valence-electron chi connectivity index (χ3n) is 8.13. The van der Waals surface area contributed by atoms with Crippen molar-refractivity contribution >= 4 is 28.8 Å². The summed E-state index contributed by atoms with van der Waals surface area (Å²) in [6, 6.07) is 10.8. The molecule has 1 amide bonds. The monoisotopic (exact) mass is 476 g/mol. The summed E-state index contributed by atoms with van der Waals surface area (Å²) in [6.07, 6.45) is 7.33. The molecule has 1 saturated carbocycles. The number of carbonyl (C=O) groups excluding carboxylic acids is 1. The zero-order valence-electron chi connectivity index (χ0n) is 20.9. The molecule has 35 heavy (non-hydrogen) atoms. The van der Waals surface area contributed by atoms with Gasteiger partial charge in [-0.2, -0.15) is 0 Å². The normalized spacial score (nSPS) is 29.5. The van der Waals surface area contributed by atoms with Gasteiger partial charge in [-0.3, -0.25) is 4.79 Å². The number of nitrogens with zero attached hydrogens (tertiary/aromatic N) is 3. The van der Waals surface area contributed by atoms with E-state index in [1.54, 1.807) is 6.20 Å². The smallest absolute Gasteiger partial charge is 0.230 e. The highest BCUT2D eigenvalue weighted by molar-refractivity contribution is 6.01. The van der Waals surface area contributed by atoms with Gasteiger partial charge >= 0.3 is 0 Å². The number of hydrogen-bond donors (Lipinski definition) is 1. The van der Waals surface area contributed by atoms with Crippen molar-refractivity contribution in [2.75, 3.05) is 28.3 Å². The van der Waals surface area contributed by atoms with Gasteiger partial charge in [-0.25, -0.2) is 4.98 Å². The number of hydrogen-bond acceptors (Lipinski definition) is 6. The Morgan fingerprint density at radius 3 is 2.74 bits per heavy atom. The quantitative estimate of drug-likeness (QED) is 0.655. The molecule has 0 radical (unpaired) electrons. The lowest BCUT2D eigenvalue weighted by molar-refractivity contribution is -0.125. The van der Waals surface area contributed by atoms with Crippen LogP contribution in [-0.4, -0.2) is 48.4 Å². The second-order valence-corrected chi connectivity index (χ2v) is 10.8. The van der Waals surface area contributed by atoms with E-state index in [1.807, 2.05) is 11.0 Å². The fraction of sp³-hybridized carbons (Fsp3) is 0.571. The van der Waals surface area contributed by atoms with Crippen molar-refractivity contribution < 1.29 is 14.3 Å². The van der Waals surface area contributed by atoms with Gasteiger partial charge in [0.2, 0.25) is 5.91 Å². The molecule has 0 spiro atoms. The van der Waals surface area contributed by atoms with Crippen LogP contribution in [0.15, 0.2) is 36.5 Å². The van der Waals surface area contributed by atoms with Gasteiger partial charge in [-0.1, -0.05) is 6.07 Å². The lowest BCUT2D eigenvalue weighted by atomic mass is 9.85. The van der Waals surface area contributed by atoms with E-state index in [4.69, 9.17) is 9.47 Å². The molecule has 2 bridgehead atoms. The molecule has 7 nitrogen and oxygen atoms in total. The highest BCUT2D eigenvalue weighted by atomic mass is 16.5. The number of morpholine rings is 1. The van der Waals surface area contributed by atoms with Gasteiger partial charge in [0.15, 0.2) is 0 Å². The maximum absolute atomic E-state index is 14.2. The van der Waals surface area contributed by atoms with Crippen LogP contribution in [0, 0.1) is 5.92 Å². The molecule has 1 aliphatic carbocycles. The molecule has 1 aromatic heterocycles. The van der Waals surface area contributed by atoms with E-state index in [2.05, 4.69) is 60.2 Å². The predicted octanol–water partition coefficient (Wildman–Crippen LogP) is 5.19. The molecular formula is C28H36N4O3. The molecule has 4 heterocycles. The fourth-order valence-electron chi connectivity index (χ4n) is 6.39. The van der Waals surface area contributed by atoms with Gasteiger partial charge in [0, 0.05) is 29.9 Å². The first-order valence-corrected chi connectivity index (χ1v) is 13.2. The maximum atomic E-state index is 14.2. The summed E-state index contributed by atoms with van der Waals surface area (Å²) in [5.74, 6) is 1.05. The molecule has 2 saturated heterocycles. The summed E-state index contributed by atoms with van der Waals surface area (Å²) >= 11 is 0. The third-order valence-corrected chi connectivity index (χ3v) is 8.13. The van der Waals surface area contributed by atoms with E-state index in [0.29, 0.717) is 12.1 Å². The molecule has 3 fully saturated rings. The topological polar surface area (TPSA) is 66.9 Å². The van der Waals surface area contributed by atoms with Crippen molar-refractivity contribution in [2.45, 2.75) is 83.3 Å². The number of nitrogens with one attached hydrogen (secondary N) is 1. The maximum Gasteiger partial charge on any atom is 0.230 e. The molecule has 3 aliphatic heterocycles. The average molecular weight is 477 g/mol. The highest BCUT2D eigenvalue weighted by Gasteiger charge is 2.40. The summed E-state index contributed by atoms with van der Waals surface area (Å²) in [5, 5.41) is 3.53. The Hall–Kier alpha value is -2.64. The van der Waals surface area contributed by atoms with Crippen LogP contribution in [0.1, 0.15) is 64.5 Å². The van der Waals surface area contributed by atoms with Gasteiger partial charge in [-0.15, -0.1) is 0 Å². The molecule has 186 valence electrons. The zero-order chi connectivity index (χ0) is 24.1. The Bertz CT molecular complexity index is 1100. The Labute approximate surface area is 207 Å². The Kier molecular flexibility index (Phi) is 5.93. The van der Waals surface area contributed by atoms with Crippen molar-refractivity contribution in [1.29, 1.82) is 0 Å². The first-order chi connectivity index (χ1) is 17.0. The van der Waals surface area contributed by atoms with E-state index in [-0.39, 0.29) is 30.1 Å². The van der Waals surface area contributed by atoms with Gasteiger partial charge in [-0.05, 0) is 77.1 Å². The molecule has 1 N–H and O–H groups in total. The highest BCUT2D eigenvalue weighted by Crippen LogP contribution is 2.45. The second-order valence-electron chi connectivity index (χ2n) is 10.8. The summed E-state index contributed by atoms with van der Waals surface area (Å²) < 4.78 is 11.9. The molecule has 2 aromatic rings. The number of fused-ring (bicyclic) bond motifs is 4. The number of pyridine rings is 1. The average Bonchev–Trinajstić information content (AvgIpc) is 3.46. The minimum Gasteiger partial charge on any atom is -0.376 e. The summed E-state index contributed by atoms with van der Waals surface area (Å²) in [4.78, 5) is 23.3. The van der Waals surface area contributed by atoms with E-state index in [9.17, 15) is 4.79 Å². The number of aromatic nitrogens is 1. The summed E-state index contributed by atoms with van der Waals surface area (Å²) in [6.45, 7) is 8.00. The van der Waals surface area contributed by atoms with Gasteiger partial charge in [0.25, 0.3) is 0 Å². The molecule has 1 aromatic carbocycles. The largest absolute Gasteiger partial charge is 0.376 e. The van der Waals surface area contributed by atoms with E-state index >= 15 is 0 Å². The van der Waals surface area contributed by atoms with E-state index < -0.39 is 0 Å². The van der Waals surface area contributed by atoms with E-state index in [0.717, 1.165) is 68.0 Å². The van der Waals surface area contributed by atoms with Crippen LogP contribution in [0.2, 0.25) is 0 Å². The van der Waals surface area contributed by atoms with Crippen molar-refractivity contribution in [3.05, 3.63) is 42.1 Å². The second kappa shape index (κ2) is 9.10. The summed E-state index contributed by atoms with van der Waals surface area (Å²) in [5.41, 5.74) is 4.09. The number of benzene rings is 1. The van der Waals surface area contributed by atoms with Crippen molar-refractivity contribution in [3.8, 4) is 0 Å². The van der Waals surface area contributed by atoms with Crippen LogP contribution < -0.4 is 15.1 Å². The number of carbonyl (C=O) groups is 1. The number of ether oxygens (including phenoxy) is 2. The van der Waals surface area contributed by atoms with Gasteiger partial charge in [0.05, 0.1) is 48.4 Å².